The van der Waals surface area contributed by atoms with Gasteiger partial charge < -0.3 is 0 Å². The van der Waals surface area contributed by atoms with Crippen LogP contribution in [0, 0.1) is 0 Å². The van der Waals surface area contributed by atoms with Crippen LogP contribution in [0.3, 0.4) is 0 Å². The molecule has 2 aliphatic carbocycles. The summed E-state index contributed by atoms with van der Waals surface area (Å²) in [6.07, 6.45) is 6.52. The number of hydrogen-bond donors (Lipinski definition) is 0. The maximum Gasteiger partial charge on any atom is 0.0472 e. The van der Waals surface area contributed by atoms with Crippen molar-refractivity contribution in [3.8, 4) is 0 Å². The van der Waals surface area contributed by atoms with Crippen molar-refractivity contribution in [1.29, 1.82) is 0 Å². The van der Waals surface area contributed by atoms with Crippen LogP contribution in [0.4, 0.5) is 0 Å². The Kier molecular flexibility index (Phi) is 2.08. The van der Waals surface area contributed by atoms with E-state index in [0.717, 1.165) is 5.92 Å². The first kappa shape index (κ1) is 9.38. The Morgan fingerprint density at radius 3 is 2.73 bits per heavy atom. The van der Waals surface area contributed by atoms with Crippen LogP contribution in [0.25, 0.3) is 0 Å². The Hall–Kier alpha value is -0.850. The summed E-state index contributed by atoms with van der Waals surface area (Å²) in [6.45, 7) is 4.59. The summed E-state index contributed by atoms with van der Waals surface area (Å²) in [5, 5.41) is 0. The summed E-state index contributed by atoms with van der Waals surface area (Å²) in [7, 11) is 0. The lowest BCUT2D eigenvalue weighted by Crippen LogP contribution is -2.02. The van der Waals surface area contributed by atoms with Crippen molar-refractivity contribution < 1.29 is 0 Å². The van der Waals surface area contributed by atoms with Gasteiger partial charge in [0.25, 0.3) is 0 Å². The lowest BCUT2D eigenvalue weighted by molar-refractivity contribution is 0.810. The topological polar surface area (TPSA) is 12.9 Å². The van der Waals surface area contributed by atoms with E-state index in [0.29, 0.717) is 5.92 Å². The molecule has 1 aromatic rings. The highest BCUT2D eigenvalue weighted by atomic mass is 14.8. The van der Waals surface area contributed by atoms with Crippen LogP contribution in [-0.2, 0) is 12.8 Å². The van der Waals surface area contributed by atoms with Crippen molar-refractivity contribution in [2.75, 3.05) is 0 Å². The molecule has 1 fully saturated rings. The Morgan fingerprint density at radius 2 is 2.07 bits per heavy atom. The van der Waals surface area contributed by atoms with E-state index in [1.54, 1.807) is 0 Å². The molecule has 0 aromatic carbocycles. The zero-order valence-corrected chi connectivity index (χ0v) is 9.71. The molecule has 1 heterocycles. The average molecular weight is 201 g/mol. The van der Waals surface area contributed by atoms with Gasteiger partial charge in [-0.25, -0.2) is 0 Å². The van der Waals surface area contributed by atoms with E-state index in [-0.39, 0.29) is 0 Å². The van der Waals surface area contributed by atoms with Crippen LogP contribution in [0.5, 0.6) is 0 Å². The Labute approximate surface area is 91.9 Å². The SMILES string of the molecule is CC(C)c1cc2c(nc1C1CC1)CCC2. The second-order valence-electron chi connectivity index (χ2n) is 5.35. The van der Waals surface area contributed by atoms with Gasteiger partial charge in [-0.15, -0.1) is 0 Å². The first-order valence-corrected chi connectivity index (χ1v) is 6.28. The zero-order chi connectivity index (χ0) is 10.4. The Balaban J connectivity index is 2.10. The van der Waals surface area contributed by atoms with Gasteiger partial charge in [0.15, 0.2) is 0 Å². The van der Waals surface area contributed by atoms with Crippen molar-refractivity contribution >= 4 is 0 Å². The maximum absolute atomic E-state index is 4.94. The molecule has 0 N–H and O–H groups in total. The first-order valence-electron chi connectivity index (χ1n) is 6.28. The predicted octanol–water partition coefficient (Wildman–Crippen LogP) is 3.57. The number of fused-ring (bicyclic) bond motifs is 1. The minimum Gasteiger partial charge on any atom is -0.257 e. The number of aromatic nitrogens is 1. The minimum atomic E-state index is 0.638. The summed E-state index contributed by atoms with van der Waals surface area (Å²) < 4.78 is 0. The quantitative estimate of drug-likeness (QED) is 0.712. The summed E-state index contributed by atoms with van der Waals surface area (Å²) >= 11 is 0. The molecule has 1 nitrogen and oxygen atoms in total. The van der Waals surface area contributed by atoms with E-state index >= 15 is 0 Å². The molecule has 1 saturated carbocycles. The highest BCUT2D eigenvalue weighted by Gasteiger charge is 2.30. The monoisotopic (exact) mass is 201 g/mol. The molecule has 1 aromatic heterocycles. The van der Waals surface area contributed by atoms with Crippen molar-refractivity contribution in [3.63, 3.8) is 0 Å². The average Bonchev–Trinajstić information content (AvgIpc) is 2.95. The van der Waals surface area contributed by atoms with Crippen LogP contribution >= 0.6 is 0 Å². The normalized spacial score (nSPS) is 19.7. The molecular formula is C14H19N. The number of nitrogens with zero attached hydrogens (tertiary/aromatic N) is 1. The van der Waals surface area contributed by atoms with Gasteiger partial charge in [-0.05, 0) is 49.1 Å². The molecule has 0 atom stereocenters. The van der Waals surface area contributed by atoms with Gasteiger partial charge in [-0.3, -0.25) is 4.98 Å². The minimum absolute atomic E-state index is 0.638. The first-order chi connectivity index (χ1) is 7.25. The molecule has 0 spiro atoms. The molecular weight excluding hydrogens is 182 g/mol. The molecule has 0 bridgehead atoms. The molecule has 3 rings (SSSR count). The molecule has 1 heteroatoms. The number of aryl methyl sites for hydroxylation is 2. The molecule has 0 radical (unpaired) electrons. The van der Waals surface area contributed by atoms with Crippen LogP contribution < -0.4 is 0 Å². The van der Waals surface area contributed by atoms with Crippen LogP contribution in [-0.4, -0.2) is 4.98 Å². The van der Waals surface area contributed by atoms with Crippen molar-refractivity contribution in [2.24, 2.45) is 0 Å². The van der Waals surface area contributed by atoms with Gasteiger partial charge >= 0.3 is 0 Å². The third-order valence-electron chi connectivity index (χ3n) is 3.70. The zero-order valence-electron chi connectivity index (χ0n) is 9.71. The third-order valence-corrected chi connectivity index (χ3v) is 3.70. The molecule has 0 saturated heterocycles. The molecule has 0 unspecified atom stereocenters. The Bertz CT molecular complexity index is 360. The number of rotatable bonds is 2. The second kappa shape index (κ2) is 3.33. The fourth-order valence-electron chi connectivity index (χ4n) is 2.65. The summed E-state index contributed by atoms with van der Waals surface area (Å²) in [6, 6.07) is 2.45. The molecule has 0 aliphatic heterocycles. The number of hydrogen-bond acceptors (Lipinski definition) is 1. The van der Waals surface area contributed by atoms with Gasteiger partial charge in [0.2, 0.25) is 0 Å². The van der Waals surface area contributed by atoms with Crippen LogP contribution in [0.15, 0.2) is 6.07 Å². The van der Waals surface area contributed by atoms with Crippen molar-refractivity contribution in [2.45, 2.75) is 57.8 Å². The van der Waals surface area contributed by atoms with E-state index in [2.05, 4.69) is 19.9 Å². The van der Waals surface area contributed by atoms with Gasteiger partial charge in [0.05, 0.1) is 0 Å². The highest BCUT2D eigenvalue weighted by Crippen LogP contribution is 2.43. The van der Waals surface area contributed by atoms with E-state index in [9.17, 15) is 0 Å². The maximum atomic E-state index is 4.94. The fraction of sp³-hybridized carbons (Fsp3) is 0.643. The lowest BCUT2D eigenvalue weighted by atomic mass is 9.96. The van der Waals surface area contributed by atoms with Gasteiger partial charge in [0.1, 0.15) is 0 Å². The summed E-state index contributed by atoms with van der Waals surface area (Å²) in [4.78, 5) is 4.94. The van der Waals surface area contributed by atoms with Crippen LogP contribution in [0.2, 0.25) is 0 Å². The van der Waals surface area contributed by atoms with Crippen molar-refractivity contribution in [1.82, 2.24) is 4.98 Å². The van der Waals surface area contributed by atoms with E-state index in [1.165, 1.54) is 54.6 Å². The smallest absolute Gasteiger partial charge is 0.0472 e. The van der Waals surface area contributed by atoms with Gasteiger partial charge in [0, 0.05) is 17.3 Å². The van der Waals surface area contributed by atoms with E-state index in [4.69, 9.17) is 4.98 Å². The molecule has 2 aliphatic rings. The summed E-state index contributed by atoms with van der Waals surface area (Å²) in [5.74, 6) is 1.44. The largest absolute Gasteiger partial charge is 0.257 e. The van der Waals surface area contributed by atoms with Crippen LogP contribution in [0.1, 0.15) is 67.5 Å². The molecule has 0 amide bonds. The van der Waals surface area contributed by atoms with E-state index in [1.807, 2.05) is 0 Å². The predicted molar refractivity (Wildman–Crippen MR) is 62.3 cm³/mol. The molecule has 80 valence electrons. The molecule has 15 heavy (non-hydrogen) atoms. The van der Waals surface area contributed by atoms with E-state index < -0.39 is 0 Å². The van der Waals surface area contributed by atoms with Crippen molar-refractivity contribution in [3.05, 3.63) is 28.6 Å². The highest BCUT2D eigenvalue weighted by molar-refractivity contribution is 5.38. The van der Waals surface area contributed by atoms with Gasteiger partial charge in [-0.2, -0.15) is 0 Å². The number of pyridine rings is 1. The summed E-state index contributed by atoms with van der Waals surface area (Å²) in [5.41, 5.74) is 5.90. The standard InChI is InChI=1S/C14H19N/c1-9(2)12-8-11-4-3-5-13(11)15-14(12)10-6-7-10/h8-10H,3-7H2,1-2H3. The fourth-order valence-corrected chi connectivity index (χ4v) is 2.65. The third kappa shape index (κ3) is 1.58. The lowest BCUT2D eigenvalue weighted by Gasteiger charge is -2.13. The second-order valence-corrected chi connectivity index (χ2v) is 5.35. The van der Waals surface area contributed by atoms with Gasteiger partial charge in [-0.1, -0.05) is 19.9 Å². The Morgan fingerprint density at radius 1 is 1.27 bits per heavy atom.